The molecule has 0 bridgehead atoms. The van der Waals surface area contributed by atoms with Crippen molar-refractivity contribution in [3.8, 4) is 0 Å². The highest BCUT2D eigenvalue weighted by Crippen LogP contribution is 2.22. The van der Waals surface area contributed by atoms with Crippen molar-refractivity contribution in [3.05, 3.63) is 11.3 Å². The largest absolute Gasteiger partial charge is 0.481 e. The number of hydrogen-bond donors (Lipinski definition) is 3. The van der Waals surface area contributed by atoms with E-state index in [1.807, 2.05) is 0 Å². The van der Waals surface area contributed by atoms with Gasteiger partial charge in [-0.3, -0.25) is 9.59 Å². The summed E-state index contributed by atoms with van der Waals surface area (Å²) in [6.07, 6.45) is -0.0952. The Labute approximate surface area is 97.5 Å². The van der Waals surface area contributed by atoms with Crippen LogP contribution in [0.2, 0.25) is 0 Å². The van der Waals surface area contributed by atoms with E-state index in [9.17, 15) is 14.4 Å². The third-order valence-electron chi connectivity index (χ3n) is 2.83. The molecule has 7 heteroatoms. The Morgan fingerprint density at radius 2 is 2.24 bits per heavy atom. The number of carboxylic acid groups (broad SMARTS) is 1. The molecule has 2 heterocycles. The van der Waals surface area contributed by atoms with Crippen LogP contribution in [0.25, 0.3) is 0 Å². The third-order valence-corrected chi connectivity index (χ3v) is 2.83. The Bertz CT molecular complexity index is 429. The molecule has 2 aliphatic heterocycles. The van der Waals surface area contributed by atoms with Gasteiger partial charge in [-0.1, -0.05) is 0 Å². The molecule has 0 fully saturated rings. The fourth-order valence-electron chi connectivity index (χ4n) is 2.05. The van der Waals surface area contributed by atoms with E-state index in [2.05, 4.69) is 10.6 Å². The standard InChI is InChI=1S/C10H13N3O4/c1-5-8-6(12-10(17)11-5)4-13(9(8)16)3-2-7(14)15/h5H,2-4H2,1H3,(H,14,15)(H2,11,12,17)/t5-/m1/s1. The number of rotatable bonds is 3. The van der Waals surface area contributed by atoms with Gasteiger partial charge in [0.15, 0.2) is 0 Å². The van der Waals surface area contributed by atoms with E-state index >= 15 is 0 Å². The minimum absolute atomic E-state index is 0.0952. The molecule has 0 saturated carbocycles. The summed E-state index contributed by atoms with van der Waals surface area (Å²) in [6, 6.07) is -0.662. The lowest BCUT2D eigenvalue weighted by Gasteiger charge is -2.21. The number of urea groups is 1. The zero-order valence-electron chi connectivity index (χ0n) is 9.32. The zero-order chi connectivity index (χ0) is 12.6. The van der Waals surface area contributed by atoms with Crippen molar-refractivity contribution >= 4 is 17.9 Å². The Hall–Kier alpha value is -2.05. The van der Waals surface area contributed by atoms with Crippen molar-refractivity contribution in [1.82, 2.24) is 15.5 Å². The van der Waals surface area contributed by atoms with Gasteiger partial charge in [-0.05, 0) is 6.92 Å². The molecule has 7 nitrogen and oxygen atoms in total. The molecule has 0 unspecified atom stereocenters. The maximum atomic E-state index is 12.0. The predicted octanol–water partition coefficient (Wildman–Crippen LogP) is -0.741. The second kappa shape index (κ2) is 4.08. The topological polar surface area (TPSA) is 98.7 Å². The van der Waals surface area contributed by atoms with E-state index in [-0.39, 0.29) is 37.5 Å². The summed E-state index contributed by atoms with van der Waals surface area (Å²) in [7, 11) is 0. The summed E-state index contributed by atoms with van der Waals surface area (Å²) in [5, 5.41) is 13.8. The van der Waals surface area contributed by atoms with Gasteiger partial charge in [-0.15, -0.1) is 0 Å². The van der Waals surface area contributed by atoms with Crippen molar-refractivity contribution in [1.29, 1.82) is 0 Å². The molecule has 2 rings (SSSR count). The molecule has 0 aromatic carbocycles. The van der Waals surface area contributed by atoms with Crippen LogP contribution in [-0.4, -0.2) is 47.0 Å². The molecule has 3 N–H and O–H groups in total. The lowest BCUT2D eigenvalue weighted by molar-refractivity contribution is -0.137. The molecule has 17 heavy (non-hydrogen) atoms. The van der Waals surface area contributed by atoms with Crippen LogP contribution in [0, 0.1) is 0 Å². The van der Waals surface area contributed by atoms with Crippen LogP contribution >= 0.6 is 0 Å². The van der Waals surface area contributed by atoms with Gasteiger partial charge in [0.1, 0.15) is 0 Å². The Balaban J connectivity index is 2.09. The molecule has 0 radical (unpaired) electrons. The first-order valence-corrected chi connectivity index (χ1v) is 5.30. The first kappa shape index (κ1) is 11.4. The lowest BCUT2D eigenvalue weighted by Crippen LogP contribution is -2.47. The van der Waals surface area contributed by atoms with Crippen LogP contribution in [0.4, 0.5) is 4.79 Å². The third kappa shape index (κ3) is 2.08. The van der Waals surface area contributed by atoms with Crippen LogP contribution in [0.5, 0.6) is 0 Å². The summed E-state index contributed by atoms with van der Waals surface area (Å²) < 4.78 is 0. The minimum atomic E-state index is -0.946. The minimum Gasteiger partial charge on any atom is -0.481 e. The van der Waals surface area contributed by atoms with Crippen molar-refractivity contribution in [2.45, 2.75) is 19.4 Å². The summed E-state index contributed by atoms with van der Waals surface area (Å²) in [5.74, 6) is -1.15. The van der Waals surface area contributed by atoms with Crippen LogP contribution in [0.15, 0.2) is 11.3 Å². The molecule has 0 spiro atoms. The Morgan fingerprint density at radius 1 is 1.53 bits per heavy atom. The summed E-state index contributed by atoms with van der Waals surface area (Å²) >= 11 is 0. The first-order chi connectivity index (χ1) is 7.99. The lowest BCUT2D eigenvalue weighted by atomic mass is 10.1. The molecule has 0 saturated heterocycles. The number of nitrogens with one attached hydrogen (secondary N) is 2. The van der Waals surface area contributed by atoms with Gasteiger partial charge in [0.2, 0.25) is 0 Å². The van der Waals surface area contributed by atoms with Crippen LogP contribution in [0.3, 0.4) is 0 Å². The average Bonchev–Trinajstić information content (AvgIpc) is 2.52. The Kier molecular flexibility index (Phi) is 2.74. The second-order valence-corrected chi connectivity index (χ2v) is 4.08. The Morgan fingerprint density at radius 3 is 2.88 bits per heavy atom. The van der Waals surface area contributed by atoms with E-state index in [0.717, 1.165) is 0 Å². The van der Waals surface area contributed by atoms with E-state index in [4.69, 9.17) is 5.11 Å². The highest BCUT2D eigenvalue weighted by Gasteiger charge is 2.37. The van der Waals surface area contributed by atoms with Gasteiger partial charge < -0.3 is 20.6 Å². The molecule has 1 atom stereocenters. The quantitative estimate of drug-likeness (QED) is 0.604. The number of nitrogens with zero attached hydrogens (tertiary/aromatic N) is 1. The predicted molar refractivity (Wildman–Crippen MR) is 57.0 cm³/mol. The monoisotopic (exact) mass is 239 g/mol. The highest BCUT2D eigenvalue weighted by atomic mass is 16.4. The smallest absolute Gasteiger partial charge is 0.319 e. The maximum Gasteiger partial charge on any atom is 0.319 e. The van der Waals surface area contributed by atoms with Crippen molar-refractivity contribution < 1.29 is 19.5 Å². The van der Waals surface area contributed by atoms with Gasteiger partial charge >= 0.3 is 12.0 Å². The number of carbonyl (C=O) groups excluding carboxylic acids is 2. The average molecular weight is 239 g/mol. The second-order valence-electron chi connectivity index (χ2n) is 4.08. The molecular weight excluding hydrogens is 226 g/mol. The first-order valence-electron chi connectivity index (χ1n) is 5.30. The molecule has 2 aliphatic rings. The number of aliphatic carboxylic acids is 1. The van der Waals surface area contributed by atoms with E-state index < -0.39 is 5.97 Å². The number of amides is 3. The van der Waals surface area contributed by atoms with Crippen molar-refractivity contribution in [2.75, 3.05) is 13.1 Å². The molecule has 0 aromatic rings. The number of carbonyl (C=O) groups is 3. The van der Waals surface area contributed by atoms with Gasteiger partial charge in [0.25, 0.3) is 5.91 Å². The molecular formula is C10H13N3O4. The van der Waals surface area contributed by atoms with E-state index in [1.165, 1.54) is 4.90 Å². The van der Waals surface area contributed by atoms with Crippen molar-refractivity contribution in [2.24, 2.45) is 0 Å². The van der Waals surface area contributed by atoms with Gasteiger partial charge in [0, 0.05) is 12.2 Å². The fraction of sp³-hybridized carbons (Fsp3) is 0.500. The van der Waals surface area contributed by atoms with E-state index in [0.29, 0.717) is 11.3 Å². The normalized spacial score (nSPS) is 23.4. The summed E-state index contributed by atoms with van der Waals surface area (Å²) in [6.45, 7) is 2.16. The molecule has 92 valence electrons. The summed E-state index contributed by atoms with van der Waals surface area (Å²) in [4.78, 5) is 35.1. The molecule has 0 aliphatic carbocycles. The van der Waals surface area contributed by atoms with E-state index in [1.54, 1.807) is 6.92 Å². The zero-order valence-corrected chi connectivity index (χ0v) is 9.32. The van der Waals surface area contributed by atoms with Gasteiger partial charge in [-0.25, -0.2) is 4.79 Å². The SMILES string of the molecule is C[C@H]1NC(=O)NC2=C1C(=O)N(CCC(=O)O)C2. The van der Waals surface area contributed by atoms with Crippen molar-refractivity contribution in [3.63, 3.8) is 0 Å². The molecule has 0 aromatic heterocycles. The number of hydrogen-bond acceptors (Lipinski definition) is 3. The number of carboxylic acids is 1. The maximum absolute atomic E-state index is 12.0. The highest BCUT2D eigenvalue weighted by molar-refractivity contribution is 6.01. The fourth-order valence-corrected chi connectivity index (χ4v) is 2.05. The van der Waals surface area contributed by atoms with Crippen LogP contribution in [0.1, 0.15) is 13.3 Å². The summed E-state index contributed by atoms with van der Waals surface area (Å²) in [5.41, 5.74) is 1.10. The van der Waals surface area contributed by atoms with Crippen LogP contribution in [-0.2, 0) is 9.59 Å². The van der Waals surface area contributed by atoms with Gasteiger partial charge in [-0.2, -0.15) is 0 Å². The van der Waals surface area contributed by atoms with Crippen LogP contribution < -0.4 is 10.6 Å². The van der Waals surface area contributed by atoms with Gasteiger partial charge in [0.05, 0.1) is 24.6 Å². The molecule has 3 amide bonds.